The molecule has 9 heteroatoms. The van der Waals surface area contributed by atoms with Gasteiger partial charge in [-0.2, -0.15) is 0 Å². The summed E-state index contributed by atoms with van der Waals surface area (Å²) in [7, 11) is 0. The van der Waals surface area contributed by atoms with Gasteiger partial charge in [-0.3, -0.25) is 24.7 Å². The maximum Gasteiger partial charge on any atom is 0.295 e. The summed E-state index contributed by atoms with van der Waals surface area (Å²) in [5.41, 5.74) is 2.94. The van der Waals surface area contributed by atoms with Gasteiger partial charge in [0, 0.05) is 36.6 Å². The molecule has 0 unspecified atom stereocenters. The van der Waals surface area contributed by atoms with Crippen LogP contribution in [0.5, 0.6) is 5.75 Å². The molecule has 1 fully saturated rings. The summed E-state index contributed by atoms with van der Waals surface area (Å²) in [4.78, 5) is 42.7. The van der Waals surface area contributed by atoms with Gasteiger partial charge in [0.15, 0.2) is 0 Å². The molecule has 40 heavy (non-hydrogen) atoms. The van der Waals surface area contributed by atoms with Crippen molar-refractivity contribution in [3.63, 3.8) is 0 Å². The van der Waals surface area contributed by atoms with Crippen molar-refractivity contribution in [2.45, 2.75) is 26.1 Å². The van der Waals surface area contributed by atoms with Crippen LogP contribution in [0.1, 0.15) is 33.9 Å². The average molecular weight is 536 g/mol. The number of carbonyl (C=O) groups is 2. The lowest BCUT2D eigenvalue weighted by molar-refractivity contribution is -0.384. The van der Waals surface area contributed by atoms with Gasteiger partial charge in [0.2, 0.25) is 0 Å². The van der Waals surface area contributed by atoms with Crippen molar-refractivity contribution < 1.29 is 24.4 Å². The number of aliphatic hydroxyl groups is 1. The Morgan fingerprint density at radius 1 is 1.00 bits per heavy atom. The van der Waals surface area contributed by atoms with Crippen LogP contribution in [-0.4, -0.2) is 31.6 Å². The van der Waals surface area contributed by atoms with Crippen LogP contribution >= 0.6 is 0 Å². The number of likely N-dealkylation sites (tertiary alicyclic amines) is 1. The minimum Gasteiger partial charge on any atom is -0.507 e. The summed E-state index contributed by atoms with van der Waals surface area (Å²) >= 11 is 0. The molecule has 9 nitrogen and oxygen atoms in total. The third kappa shape index (κ3) is 5.30. The summed E-state index contributed by atoms with van der Waals surface area (Å²) in [5.74, 6) is -1.37. The first-order valence-electron chi connectivity index (χ1n) is 12.5. The van der Waals surface area contributed by atoms with E-state index in [1.807, 2.05) is 30.3 Å². The van der Waals surface area contributed by atoms with E-state index in [1.165, 1.54) is 29.2 Å². The highest BCUT2D eigenvalue weighted by Gasteiger charge is 2.46. The Hall–Kier alpha value is -5.31. The number of aliphatic hydroxyl groups excluding tert-OH is 1. The predicted octanol–water partition coefficient (Wildman–Crippen LogP) is 5.50. The number of pyridine rings is 1. The van der Waals surface area contributed by atoms with Crippen LogP contribution in [0.15, 0.2) is 103 Å². The van der Waals surface area contributed by atoms with E-state index >= 15 is 0 Å². The lowest BCUT2D eigenvalue weighted by Crippen LogP contribution is -2.29. The fourth-order valence-electron chi connectivity index (χ4n) is 4.73. The number of benzene rings is 3. The molecule has 1 amide bonds. The maximum absolute atomic E-state index is 13.4. The molecule has 1 N–H and O–H groups in total. The van der Waals surface area contributed by atoms with E-state index in [0.29, 0.717) is 34.6 Å². The zero-order valence-electron chi connectivity index (χ0n) is 21.6. The second-order valence-corrected chi connectivity index (χ2v) is 9.39. The maximum atomic E-state index is 13.4. The third-order valence-electron chi connectivity index (χ3n) is 6.74. The quantitative estimate of drug-likeness (QED) is 0.104. The molecular formula is C31H25N3O6. The van der Waals surface area contributed by atoms with Gasteiger partial charge in [0.1, 0.15) is 18.1 Å². The van der Waals surface area contributed by atoms with Crippen molar-refractivity contribution in [2.75, 3.05) is 0 Å². The van der Waals surface area contributed by atoms with Crippen molar-refractivity contribution in [3.8, 4) is 5.75 Å². The Bertz CT molecular complexity index is 1600. The molecule has 1 aliphatic rings. The molecule has 0 spiro atoms. The number of ketones is 1. The van der Waals surface area contributed by atoms with Gasteiger partial charge >= 0.3 is 0 Å². The molecule has 1 saturated heterocycles. The molecule has 0 saturated carbocycles. The summed E-state index contributed by atoms with van der Waals surface area (Å²) in [6, 6.07) is 22.9. The first kappa shape index (κ1) is 26.3. The summed E-state index contributed by atoms with van der Waals surface area (Å²) in [6.45, 7) is 2.20. The number of non-ortho nitro benzene ring substituents is 1. The van der Waals surface area contributed by atoms with Crippen molar-refractivity contribution in [2.24, 2.45) is 0 Å². The van der Waals surface area contributed by atoms with Gasteiger partial charge in [-0.15, -0.1) is 0 Å². The fourth-order valence-corrected chi connectivity index (χ4v) is 4.73. The second-order valence-electron chi connectivity index (χ2n) is 9.39. The molecular weight excluding hydrogens is 510 g/mol. The third-order valence-corrected chi connectivity index (χ3v) is 6.74. The van der Waals surface area contributed by atoms with Gasteiger partial charge in [0.05, 0.1) is 16.5 Å². The van der Waals surface area contributed by atoms with E-state index in [2.05, 4.69) is 4.98 Å². The first-order chi connectivity index (χ1) is 19.3. The Kier molecular flexibility index (Phi) is 7.37. The van der Waals surface area contributed by atoms with Crippen molar-refractivity contribution in [1.29, 1.82) is 0 Å². The predicted molar refractivity (Wildman–Crippen MR) is 147 cm³/mol. The minimum atomic E-state index is -0.964. The highest BCUT2D eigenvalue weighted by molar-refractivity contribution is 6.46. The number of nitrogens with zero attached hydrogens (tertiary/aromatic N) is 3. The Balaban J connectivity index is 1.53. The number of aryl methyl sites for hydroxylation is 1. The number of nitro benzene ring substituents is 1. The Labute approximate surface area is 230 Å². The average Bonchev–Trinajstić information content (AvgIpc) is 3.22. The molecule has 0 aliphatic carbocycles. The number of Topliss-reactive ketones (excluding diaryl/α,β-unsaturated/α-hetero) is 1. The van der Waals surface area contributed by atoms with Gasteiger partial charge in [-0.25, -0.2) is 0 Å². The lowest BCUT2D eigenvalue weighted by Gasteiger charge is -2.25. The molecule has 1 atom stereocenters. The van der Waals surface area contributed by atoms with Crippen LogP contribution in [0.3, 0.4) is 0 Å². The van der Waals surface area contributed by atoms with Crippen LogP contribution < -0.4 is 4.74 Å². The molecule has 5 rings (SSSR count). The minimum absolute atomic E-state index is 0.0576. The van der Waals surface area contributed by atoms with E-state index < -0.39 is 22.7 Å². The van der Waals surface area contributed by atoms with E-state index in [1.54, 1.807) is 49.6 Å². The smallest absolute Gasteiger partial charge is 0.295 e. The van der Waals surface area contributed by atoms with Crippen LogP contribution in [0.25, 0.3) is 5.76 Å². The molecule has 3 aromatic carbocycles. The Morgan fingerprint density at radius 3 is 2.38 bits per heavy atom. The molecule has 2 heterocycles. The van der Waals surface area contributed by atoms with E-state index in [4.69, 9.17) is 4.74 Å². The zero-order chi connectivity index (χ0) is 28.2. The molecule has 0 radical (unpaired) electrons. The van der Waals surface area contributed by atoms with Gasteiger partial charge < -0.3 is 14.7 Å². The second kappa shape index (κ2) is 11.2. The van der Waals surface area contributed by atoms with Crippen LogP contribution in [-0.2, 0) is 22.7 Å². The number of rotatable bonds is 8. The largest absolute Gasteiger partial charge is 0.507 e. The summed E-state index contributed by atoms with van der Waals surface area (Å²) < 4.78 is 5.89. The fraction of sp³-hybridized carbons (Fsp3) is 0.129. The standard InChI is InChI=1S/C31H25N3O6/c1-20-16-25(40-19-21-6-3-2-4-7-21)13-14-26(20)29(35)27-28(23-9-11-24(12-10-23)34(38)39)33(31(37)30(27)36)18-22-8-5-15-32-17-22/h2-17,28,35H,18-19H2,1H3/b29-27+/t28-/m0/s1. The number of hydrogen-bond donors (Lipinski definition) is 1. The number of aromatic nitrogens is 1. The number of nitro groups is 1. The van der Waals surface area contributed by atoms with Gasteiger partial charge in [-0.1, -0.05) is 36.4 Å². The van der Waals surface area contributed by atoms with Gasteiger partial charge in [0.25, 0.3) is 17.4 Å². The van der Waals surface area contributed by atoms with E-state index in [-0.39, 0.29) is 23.6 Å². The molecule has 0 bridgehead atoms. The number of ether oxygens (including phenoxy) is 1. The molecule has 200 valence electrons. The van der Waals surface area contributed by atoms with Crippen molar-refractivity contribution >= 4 is 23.1 Å². The molecule has 1 aromatic heterocycles. The highest BCUT2D eigenvalue weighted by atomic mass is 16.6. The van der Waals surface area contributed by atoms with Crippen LogP contribution in [0.2, 0.25) is 0 Å². The van der Waals surface area contributed by atoms with Crippen molar-refractivity contribution in [1.82, 2.24) is 9.88 Å². The number of carbonyl (C=O) groups excluding carboxylic acids is 2. The molecule has 4 aromatic rings. The highest BCUT2D eigenvalue weighted by Crippen LogP contribution is 2.41. The van der Waals surface area contributed by atoms with E-state index in [0.717, 1.165) is 5.56 Å². The normalized spacial score (nSPS) is 16.2. The SMILES string of the molecule is Cc1cc(OCc2ccccc2)ccc1/C(O)=C1\C(=O)C(=O)N(Cc2cccnc2)[C@H]1c1ccc([N+](=O)[O-])cc1. The van der Waals surface area contributed by atoms with Crippen molar-refractivity contribution in [3.05, 3.63) is 141 Å². The summed E-state index contributed by atoms with van der Waals surface area (Å²) in [6.07, 6.45) is 3.19. The lowest BCUT2D eigenvalue weighted by atomic mass is 9.93. The zero-order valence-corrected chi connectivity index (χ0v) is 21.6. The van der Waals surface area contributed by atoms with E-state index in [9.17, 15) is 24.8 Å². The monoisotopic (exact) mass is 535 g/mol. The summed E-state index contributed by atoms with van der Waals surface area (Å²) in [5, 5.41) is 22.7. The van der Waals surface area contributed by atoms with Crippen LogP contribution in [0.4, 0.5) is 5.69 Å². The number of hydrogen-bond acceptors (Lipinski definition) is 7. The van der Waals surface area contributed by atoms with Crippen LogP contribution in [0, 0.1) is 17.0 Å². The molecule has 1 aliphatic heterocycles. The number of amides is 1. The van der Waals surface area contributed by atoms with Gasteiger partial charge in [-0.05, 0) is 65.6 Å². The Morgan fingerprint density at radius 2 is 1.73 bits per heavy atom. The topological polar surface area (TPSA) is 123 Å². The first-order valence-corrected chi connectivity index (χ1v) is 12.5.